The molecular weight excluding hydrogens is 377 g/mol. The van der Waals surface area contributed by atoms with Crippen molar-refractivity contribution in [1.82, 2.24) is 4.57 Å². The number of hydrogen-bond donors (Lipinski definition) is 0. The van der Waals surface area contributed by atoms with Gasteiger partial charge in [-0.15, -0.1) is 0 Å². The second kappa shape index (κ2) is 4.59. The Morgan fingerprint density at radius 2 is 1.76 bits per heavy atom. The number of aromatic nitrogens is 1. The Labute approximate surface area is 130 Å². The van der Waals surface area contributed by atoms with Crippen LogP contribution in [-0.4, -0.2) is 10.5 Å². The molecule has 2 aromatic carbocycles. The van der Waals surface area contributed by atoms with Crippen molar-refractivity contribution in [1.29, 1.82) is 0 Å². The molecule has 4 rings (SSSR count). The van der Waals surface area contributed by atoms with Gasteiger partial charge in [-0.05, 0) is 0 Å². The standard InChI is InChI=1S/C17H14INO2/c1-11-16(13-8-4-6-10-15(13)19(11)2)18-14-9-5-3-7-12(14)17(20)21-18/h3-10H,1-2H3. The van der Waals surface area contributed by atoms with Crippen LogP contribution in [0.15, 0.2) is 48.5 Å². The second-order valence-corrected chi connectivity index (χ2v) is 9.17. The van der Waals surface area contributed by atoms with Gasteiger partial charge in [0.15, 0.2) is 0 Å². The second-order valence-electron chi connectivity index (χ2n) is 5.07. The molecule has 1 aromatic heterocycles. The maximum absolute atomic E-state index is 12.1. The van der Waals surface area contributed by atoms with Gasteiger partial charge in [0.1, 0.15) is 0 Å². The normalized spacial score (nSPS) is 15.3. The van der Waals surface area contributed by atoms with Crippen molar-refractivity contribution >= 4 is 37.1 Å². The molecule has 0 aliphatic carbocycles. The first kappa shape index (κ1) is 12.9. The monoisotopic (exact) mass is 391 g/mol. The summed E-state index contributed by atoms with van der Waals surface area (Å²) in [5, 5.41) is 1.22. The predicted molar refractivity (Wildman–Crippen MR) is 90.9 cm³/mol. The number of hydrogen-bond acceptors (Lipinski definition) is 2. The number of carbonyl (C=O) groups excluding carboxylic acids is 1. The zero-order valence-electron chi connectivity index (χ0n) is 11.8. The Morgan fingerprint density at radius 3 is 2.62 bits per heavy atom. The van der Waals surface area contributed by atoms with Crippen molar-refractivity contribution in [3.05, 3.63) is 66.9 Å². The Morgan fingerprint density at radius 1 is 1.05 bits per heavy atom. The van der Waals surface area contributed by atoms with Gasteiger partial charge in [-0.25, -0.2) is 0 Å². The van der Waals surface area contributed by atoms with Gasteiger partial charge in [-0.2, -0.15) is 0 Å². The first-order chi connectivity index (χ1) is 10.2. The van der Waals surface area contributed by atoms with Crippen LogP contribution in [0.25, 0.3) is 10.9 Å². The van der Waals surface area contributed by atoms with E-state index in [0.717, 1.165) is 9.13 Å². The van der Waals surface area contributed by atoms with E-state index in [0.29, 0.717) is 0 Å². The minimum atomic E-state index is -2.14. The fourth-order valence-corrected chi connectivity index (χ4v) is 7.95. The van der Waals surface area contributed by atoms with Gasteiger partial charge in [-0.1, -0.05) is 0 Å². The van der Waals surface area contributed by atoms with Crippen molar-refractivity contribution in [2.75, 3.05) is 0 Å². The molecule has 3 nitrogen and oxygen atoms in total. The number of fused-ring (bicyclic) bond motifs is 2. The van der Waals surface area contributed by atoms with Gasteiger partial charge in [-0.3, -0.25) is 0 Å². The molecule has 1 aliphatic heterocycles. The van der Waals surface area contributed by atoms with E-state index in [-0.39, 0.29) is 5.97 Å². The van der Waals surface area contributed by atoms with Crippen LogP contribution < -0.4 is 0 Å². The Bertz CT molecular complexity index is 882. The third-order valence-corrected chi connectivity index (χ3v) is 9.10. The summed E-state index contributed by atoms with van der Waals surface area (Å²) in [6, 6.07) is 16.1. The van der Waals surface area contributed by atoms with E-state index in [1.54, 1.807) is 0 Å². The first-order valence-electron chi connectivity index (χ1n) is 6.74. The molecule has 0 saturated carbocycles. The summed E-state index contributed by atoms with van der Waals surface area (Å²) in [5.74, 6) is -0.164. The summed E-state index contributed by atoms with van der Waals surface area (Å²) in [6.45, 7) is 2.11. The third-order valence-electron chi connectivity index (χ3n) is 3.92. The van der Waals surface area contributed by atoms with Gasteiger partial charge in [0, 0.05) is 0 Å². The summed E-state index contributed by atoms with van der Waals surface area (Å²) < 4.78 is 10.4. The Kier molecular flexibility index (Phi) is 2.82. The molecular formula is C17H14INO2. The zero-order valence-corrected chi connectivity index (χ0v) is 13.9. The summed E-state index contributed by atoms with van der Waals surface area (Å²) in [6.07, 6.45) is 0. The van der Waals surface area contributed by atoms with Gasteiger partial charge in [0.25, 0.3) is 0 Å². The quantitative estimate of drug-likeness (QED) is 0.585. The van der Waals surface area contributed by atoms with Crippen LogP contribution >= 0.6 is 20.2 Å². The molecule has 0 unspecified atom stereocenters. The average Bonchev–Trinajstić information content (AvgIpc) is 2.97. The Hall–Kier alpha value is -1.82. The number of halogens is 1. The van der Waals surface area contributed by atoms with E-state index in [1.165, 1.54) is 20.2 Å². The topological polar surface area (TPSA) is 31.2 Å². The van der Waals surface area contributed by atoms with E-state index >= 15 is 0 Å². The van der Waals surface area contributed by atoms with Crippen LogP contribution in [0.2, 0.25) is 0 Å². The van der Waals surface area contributed by atoms with Gasteiger partial charge >= 0.3 is 130 Å². The number of aryl methyl sites for hydroxylation is 1. The summed E-state index contributed by atoms with van der Waals surface area (Å²) in [5.41, 5.74) is 3.14. The van der Waals surface area contributed by atoms with Crippen molar-refractivity contribution in [3.63, 3.8) is 0 Å². The number of nitrogens with zero attached hydrogens (tertiary/aromatic N) is 1. The van der Waals surface area contributed by atoms with Gasteiger partial charge in [0.2, 0.25) is 0 Å². The SMILES string of the molecule is Cc1c(I2OC(=O)c3ccccc32)c2ccccc2n1C. The van der Waals surface area contributed by atoms with E-state index in [2.05, 4.69) is 30.7 Å². The molecule has 1 aliphatic rings. The van der Waals surface area contributed by atoms with Crippen LogP contribution in [0.5, 0.6) is 0 Å². The fourth-order valence-electron chi connectivity index (χ4n) is 2.76. The predicted octanol–water partition coefficient (Wildman–Crippen LogP) is 4.12. The van der Waals surface area contributed by atoms with Crippen LogP contribution in [-0.2, 0) is 10.1 Å². The van der Waals surface area contributed by atoms with Crippen molar-refractivity contribution in [2.24, 2.45) is 7.05 Å². The minimum absolute atomic E-state index is 0.164. The molecule has 4 heteroatoms. The number of benzene rings is 2. The summed E-state index contributed by atoms with van der Waals surface area (Å²) in [4.78, 5) is 12.1. The fraction of sp³-hybridized carbons (Fsp3) is 0.118. The number of carbonyl (C=O) groups is 1. The van der Waals surface area contributed by atoms with Crippen molar-refractivity contribution < 1.29 is 7.86 Å². The van der Waals surface area contributed by atoms with E-state index in [9.17, 15) is 4.79 Å². The molecule has 0 radical (unpaired) electrons. The zero-order chi connectivity index (χ0) is 14.6. The number of para-hydroxylation sites is 1. The van der Waals surface area contributed by atoms with E-state index in [4.69, 9.17) is 3.07 Å². The molecule has 3 aromatic rings. The molecule has 106 valence electrons. The van der Waals surface area contributed by atoms with Gasteiger partial charge < -0.3 is 0 Å². The summed E-state index contributed by atoms with van der Waals surface area (Å²) >= 11 is -2.14. The molecule has 0 N–H and O–H groups in total. The van der Waals surface area contributed by atoms with Crippen LogP contribution in [0.1, 0.15) is 16.1 Å². The van der Waals surface area contributed by atoms with E-state index < -0.39 is 20.2 Å². The van der Waals surface area contributed by atoms with Crippen LogP contribution in [0.4, 0.5) is 0 Å². The van der Waals surface area contributed by atoms with Crippen molar-refractivity contribution in [2.45, 2.75) is 6.92 Å². The molecule has 2 heterocycles. The van der Waals surface area contributed by atoms with Crippen LogP contribution in [0, 0.1) is 14.1 Å². The number of rotatable bonds is 1. The van der Waals surface area contributed by atoms with Crippen LogP contribution in [0.3, 0.4) is 0 Å². The van der Waals surface area contributed by atoms with Gasteiger partial charge in [0.05, 0.1) is 0 Å². The maximum atomic E-state index is 12.1. The summed E-state index contributed by atoms with van der Waals surface area (Å²) in [7, 11) is 2.07. The molecule has 0 atom stereocenters. The molecule has 0 amide bonds. The van der Waals surface area contributed by atoms with Crippen molar-refractivity contribution in [3.8, 4) is 0 Å². The first-order valence-corrected chi connectivity index (χ1v) is 9.78. The Balaban J connectivity index is 2.01. The molecule has 0 saturated heterocycles. The third kappa shape index (κ3) is 1.75. The average molecular weight is 391 g/mol. The molecule has 0 spiro atoms. The molecule has 0 bridgehead atoms. The molecule has 0 fully saturated rings. The molecule has 21 heavy (non-hydrogen) atoms. The van der Waals surface area contributed by atoms with E-state index in [1.807, 2.05) is 36.4 Å².